The molecule has 0 heterocycles. The molecule has 4 N–H and O–H groups in total. The molecule has 0 aliphatic heterocycles. The highest BCUT2D eigenvalue weighted by atomic mass is 32.2. The van der Waals surface area contributed by atoms with E-state index < -0.39 is 21.7 Å². The first-order valence-corrected chi connectivity index (χ1v) is 9.23. The molecule has 0 fully saturated rings. The van der Waals surface area contributed by atoms with Gasteiger partial charge in [0.15, 0.2) is 15.8 Å². The number of hydrogen-bond donors (Lipinski definition) is 2. The minimum atomic E-state index is -3.63. The Hall–Kier alpha value is -2.87. The van der Waals surface area contributed by atoms with Crippen molar-refractivity contribution in [1.29, 1.82) is 0 Å². The van der Waals surface area contributed by atoms with Gasteiger partial charge in [0, 0.05) is 11.8 Å². The van der Waals surface area contributed by atoms with Gasteiger partial charge in [0.25, 0.3) is 5.91 Å². The van der Waals surface area contributed by atoms with Crippen LogP contribution in [0.4, 0.5) is 0 Å². The molecule has 0 saturated carbocycles. The molecule has 0 aromatic heterocycles. The summed E-state index contributed by atoms with van der Waals surface area (Å²) in [5.41, 5.74) is 11.9. The van der Waals surface area contributed by atoms with Crippen LogP contribution in [0.2, 0.25) is 0 Å². The average molecular weight is 361 g/mol. The lowest BCUT2D eigenvalue weighted by Gasteiger charge is -2.13. The quantitative estimate of drug-likeness (QED) is 0.612. The largest absolute Gasteiger partial charge is 0.488 e. The smallest absolute Gasteiger partial charge is 0.280 e. The predicted octanol–water partition coefficient (Wildman–Crippen LogP) is 1.39. The van der Waals surface area contributed by atoms with Crippen LogP contribution >= 0.6 is 0 Å². The molecule has 132 valence electrons. The van der Waals surface area contributed by atoms with Gasteiger partial charge >= 0.3 is 0 Å². The van der Waals surface area contributed by atoms with Gasteiger partial charge in [0.05, 0.1) is 0 Å². The molecule has 2 rings (SSSR count). The van der Waals surface area contributed by atoms with Gasteiger partial charge in [-0.15, -0.1) is 0 Å². The summed E-state index contributed by atoms with van der Waals surface area (Å²) >= 11 is 0. The highest BCUT2D eigenvalue weighted by molar-refractivity contribution is 7.90. The van der Waals surface area contributed by atoms with Gasteiger partial charge in [-0.25, -0.2) is 8.42 Å². The van der Waals surface area contributed by atoms with Crippen molar-refractivity contribution < 1.29 is 17.9 Å². The van der Waals surface area contributed by atoms with Crippen LogP contribution in [-0.2, 0) is 16.4 Å². The number of aliphatic imine (C=N–C) groups is 1. The van der Waals surface area contributed by atoms with Crippen molar-refractivity contribution >= 4 is 21.7 Å². The highest BCUT2D eigenvalue weighted by Gasteiger charge is 2.20. The summed E-state index contributed by atoms with van der Waals surface area (Å²) in [5, 5.41) is 0. The standard InChI is InChI=1S/C17H19N3O4S/c1-11-8-14(24-10-12-6-4-3-5-7-12)15(25(2,22)23)9-13(11)16(21)20-17(18)19/h3-9H,10H2,1-2H3,(H4,18,19,20,21). The number of carbonyl (C=O) groups is 1. The van der Waals surface area contributed by atoms with E-state index in [2.05, 4.69) is 4.99 Å². The second-order valence-electron chi connectivity index (χ2n) is 5.50. The van der Waals surface area contributed by atoms with E-state index in [1.807, 2.05) is 30.3 Å². The second kappa shape index (κ2) is 7.35. The van der Waals surface area contributed by atoms with Crippen LogP contribution in [-0.4, -0.2) is 26.5 Å². The molecule has 0 bridgehead atoms. The van der Waals surface area contributed by atoms with Crippen molar-refractivity contribution in [3.05, 3.63) is 59.2 Å². The lowest BCUT2D eigenvalue weighted by atomic mass is 10.1. The van der Waals surface area contributed by atoms with Crippen LogP contribution in [0, 0.1) is 6.92 Å². The zero-order valence-electron chi connectivity index (χ0n) is 13.9. The predicted molar refractivity (Wildman–Crippen MR) is 95.2 cm³/mol. The van der Waals surface area contributed by atoms with Crippen molar-refractivity contribution in [3.8, 4) is 5.75 Å². The lowest BCUT2D eigenvalue weighted by molar-refractivity contribution is 0.100. The number of benzene rings is 2. The SMILES string of the molecule is Cc1cc(OCc2ccccc2)c(S(C)(=O)=O)cc1C(=O)N=C(N)N. The third-order valence-corrected chi connectivity index (χ3v) is 4.51. The Morgan fingerprint density at radius 2 is 1.80 bits per heavy atom. The maximum atomic E-state index is 12.1. The first-order valence-electron chi connectivity index (χ1n) is 7.34. The Balaban J connectivity index is 2.44. The second-order valence-corrected chi connectivity index (χ2v) is 7.49. The number of ether oxygens (including phenoxy) is 1. The van der Waals surface area contributed by atoms with Gasteiger partial charge in [0.2, 0.25) is 0 Å². The molecule has 0 spiro atoms. The van der Waals surface area contributed by atoms with E-state index in [0.717, 1.165) is 11.8 Å². The molecule has 7 nitrogen and oxygen atoms in total. The minimum Gasteiger partial charge on any atom is -0.488 e. The lowest BCUT2D eigenvalue weighted by Crippen LogP contribution is -2.24. The zero-order valence-corrected chi connectivity index (χ0v) is 14.7. The number of hydrogen-bond acceptors (Lipinski definition) is 4. The van der Waals surface area contributed by atoms with Gasteiger partial charge in [-0.1, -0.05) is 30.3 Å². The molecule has 2 aromatic rings. The Morgan fingerprint density at radius 1 is 1.16 bits per heavy atom. The number of nitrogens with zero attached hydrogens (tertiary/aromatic N) is 1. The van der Waals surface area contributed by atoms with E-state index in [9.17, 15) is 13.2 Å². The molecular weight excluding hydrogens is 342 g/mol. The summed E-state index contributed by atoms with van der Waals surface area (Å²) in [4.78, 5) is 15.4. The fourth-order valence-electron chi connectivity index (χ4n) is 2.21. The summed E-state index contributed by atoms with van der Waals surface area (Å²) in [6, 6.07) is 12.1. The van der Waals surface area contributed by atoms with Gasteiger partial charge < -0.3 is 16.2 Å². The Morgan fingerprint density at radius 3 is 2.36 bits per heavy atom. The van der Waals surface area contributed by atoms with Crippen molar-refractivity contribution in [3.63, 3.8) is 0 Å². The Bertz CT molecular complexity index is 918. The fourth-order valence-corrected chi connectivity index (χ4v) is 3.02. The van der Waals surface area contributed by atoms with Crippen LogP contribution in [0.15, 0.2) is 52.4 Å². The van der Waals surface area contributed by atoms with E-state index in [-0.39, 0.29) is 22.8 Å². The summed E-state index contributed by atoms with van der Waals surface area (Å²) in [6.45, 7) is 1.85. The molecule has 2 aromatic carbocycles. The first kappa shape index (κ1) is 18.5. The number of nitrogens with two attached hydrogens (primary N) is 2. The highest BCUT2D eigenvalue weighted by Crippen LogP contribution is 2.29. The molecule has 1 amide bonds. The summed E-state index contributed by atoms with van der Waals surface area (Å²) in [7, 11) is -3.63. The number of carbonyl (C=O) groups excluding carboxylic acids is 1. The van der Waals surface area contributed by atoms with Crippen molar-refractivity contribution in [2.24, 2.45) is 16.5 Å². The normalized spacial score (nSPS) is 11.0. The number of aryl methyl sites for hydroxylation is 1. The molecule has 8 heteroatoms. The van der Waals surface area contributed by atoms with Crippen LogP contribution in [0.3, 0.4) is 0 Å². The summed E-state index contributed by atoms with van der Waals surface area (Å²) in [5.74, 6) is -0.933. The van der Waals surface area contributed by atoms with E-state index >= 15 is 0 Å². The summed E-state index contributed by atoms with van der Waals surface area (Å²) in [6.07, 6.45) is 1.04. The number of amides is 1. The van der Waals surface area contributed by atoms with E-state index in [1.165, 1.54) is 12.1 Å². The topological polar surface area (TPSA) is 125 Å². The van der Waals surface area contributed by atoms with Crippen molar-refractivity contribution in [2.45, 2.75) is 18.4 Å². The van der Waals surface area contributed by atoms with Gasteiger partial charge in [0.1, 0.15) is 17.3 Å². The van der Waals surface area contributed by atoms with Gasteiger partial charge in [-0.05, 0) is 30.2 Å². The third kappa shape index (κ3) is 4.80. The molecule has 0 saturated heterocycles. The van der Waals surface area contributed by atoms with Crippen molar-refractivity contribution in [1.82, 2.24) is 0 Å². The number of rotatable bonds is 5. The number of guanidine groups is 1. The molecular formula is C17H19N3O4S. The maximum Gasteiger partial charge on any atom is 0.280 e. The number of sulfone groups is 1. The molecule has 0 atom stereocenters. The van der Waals surface area contributed by atoms with E-state index in [4.69, 9.17) is 16.2 Å². The molecule has 0 aliphatic carbocycles. The monoisotopic (exact) mass is 361 g/mol. The molecule has 25 heavy (non-hydrogen) atoms. The molecule has 0 unspecified atom stereocenters. The Kier molecular flexibility index (Phi) is 5.43. The maximum absolute atomic E-state index is 12.1. The molecule has 0 aliphatic rings. The fraction of sp³-hybridized carbons (Fsp3) is 0.176. The van der Waals surface area contributed by atoms with Crippen molar-refractivity contribution in [2.75, 3.05) is 6.26 Å². The van der Waals surface area contributed by atoms with Crippen LogP contribution < -0.4 is 16.2 Å². The minimum absolute atomic E-state index is 0.0943. The zero-order chi connectivity index (χ0) is 18.6. The third-order valence-electron chi connectivity index (χ3n) is 3.39. The van der Waals surface area contributed by atoms with Crippen LogP contribution in [0.5, 0.6) is 5.75 Å². The van der Waals surface area contributed by atoms with E-state index in [1.54, 1.807) is 6.92 Å². The van der Waals surface area contributed by atoms with Crippen LogP contribution in [0.25, 0.3) is 0 Å². The van der Waals surface area contributed by atoms with Gasteiger partial charge in [-0.3, -0.25) is 4.79 Å². The molecule has 0 radical (unpaired) electrons. The van der Waals surface area contributed by atoms with Crippen LogP contribution in [0.1, 0.15) is 21.5 Å². The summed E-state index contributed by atoms with van der Waals surface area (Å²) < 4.78 is 29.9. The Labute approximate surface area is 146 Å². The van der Waals surface area contributed by atoms with E-state index in [0.29, 0.717) is 5.56 Å². The first-order chi connectivity index (χ1) is 11.7. The average Bonchev–Trinajstić information content (AvgIpc) is 2.52. The van der Waals surface area contributed by atoms with Gasteiger partial charge in [-0.2, -0.15) is 4.99 Å².